The zero-order chi connectivity index (χ0) is 5.70. The fraction of sp³-hybridized carbons (Fsp3) is 0.667. The largest absolute Gasteiger partial charge is 0.172 e. The van der Waals surface area contributed by atoms with Crippen LogP contribution in [-0.2, 0) is 0 Å². The fourth-order valence-electron chi connectivity index (χ4n) is 0.358. The van der Waals surface area contributed by atoms with Gasteiger partial charge in [-0.1, -0.05) is 19.1 Å². The van der Waals surface area contributed by atoms with E-state index in [0.29, 0.717) is 5.25 Å². The van der Waals surface area contributed by atoms with Crippen molar-refractivity contribution in [3.63, 3.8) is 0 Å². The molecule has 42 valence electrons. The van der Waals surface area contributed by atoms with Gasteiger partial charge in [0, 0.05) is 5.25 Å². The number of hydrogen-bond donors (Lipinski definition) is 1. The Labute approximate surface area is 51.0 Å². The van der Waals surface area contributed by atoms with E-state index in [1.54, 1.807) is 0 Å². The second-order valence-electron chi connectivity index (χ2n) is 1.50. The Bertz CT molecular complexity index is 57.2. The van der Waals surface area contributed by atoms with Gasteiger partial charge in [-0.3, -0.25) is 0 Å². The number of rotatable bonds is 2. The third-order valence-electron chi connectivity index (χ3n) is 0.833. The molecule has 0 N–H and O–H groups in total. The van der Waals surface area contributed by atoms with Gasteiger partial charge in [0.25, 0.3) is 0 Å². The maximum atomic E-state index is 4.22. The van der Waals surface area contributed by atoms with Crippen LogP contribution in [0.15, 0.2) is 12.2 Å². The van der Waals surface area contributed by atoms with E-state index in [0.717, 1.165) is 6.42 Å². The third-order valence-corrected chi connectivity index (χ3v) is 1.37. The summed E-state index contributed by atoms with van der Waals surface area (Å²) in [5.41, 5.74) is 0. The highest BCUT2D eigenvalue weighted by Gasteiger charge is 1.87. The first kappa shape index (κ1) is 7.09. The minimum Gasteiger partial charge on any atom is -0.172 e. The van der Waals surface area contributed by atoms with Crippen molar-refractivity contribution in [2.24, 2.45) is 0 Å². The van der Waals surface area contributed by atoms with Crippen LogP contribution in [0.1, 0.15) is 20.3 Å². The summed E-state index contributed by atoms with van der Waals surface area (Å²) in [4.78, 5) is 0. The molecule has 1 heteroatoms. The van der Waals surface area contributed by atoms with E-state index >= 15 is 0 Å². The lowest BCUT2D eigenvalue weighted by atomic mass is 10.3. The highest BCUT2D eigenvalue weighted by atomic mass is 32.1. The summed E-state index contributed by atoms with van der Waals surface area (Å²) in [7, 11) is 0. The van der Waals surface area contributed by atoms with Gasteiger partial charge in [0.2, 0.25) is 0 Å². The minimum absolute atomic E-state index is 0.463. The Kier molecular flexibility index (Phi) is 4.31. The maximum Gasteiger partial charge on any atom is 0.0194 e. The maximum absolute atomic E-state index is 4.22. The van der Waals surface area contributed by atoms with Crippen LogP contribution < -0.4 is 0 Å². The molecule has 0 aromatic rings. The molecule has 0 nitrogen and oxygen atoms in total. The molecule has 0 spiro atoms. The first-order chi connectivity index (χ1) is 3.31. The topological polar surface area (TPSA) is 0 Å². The molecular formula is C6H12S. The Hall–Kier alpha value is 0.0900. The van der Waals surface area contributed by atoms with E-state index in [-0.39, 0.29) is 0 Å². The number of hydrogen-bond acceptors (Lipinski definition) is 1. The summed E-state index contributed by atoms with van der Waals surface area (Å²) in [5.74, 6) is 0. The summed E-state index contributed by atoms with van der Waals surface area (Å²) in [6.07, 6.45) is 5.23. The molecular weight excluding hydrogens is 104 g/mol. The molecule has 0 aromatic heterocycles. The SMILES string of the molecule is CC=CC(S)CC. The van der Waals surface area contributed by atoms with Gasteiger partial charge < -0.3 is 0 Å². The molecule has 0 saturated heterocycles. The van der Waals surface area contributed by atoms with Crippen molar-refractivity contribution in [1.29, 1.82) is 0 Å². The molecule has 0 radical (unpaired) electrons. The molecule has 0 rings (SSSR count). The zero-order valence-corrected chi connectivity index (χ0v) is 5.78. The second-order valence-corrected chi connectivity index (χ2v) is 2.16. The van der Waals surface area contributed by atoms with Crippen LogP contribution in [-0.4, -0.2) is 5.25 Å². The third kappa shape index (κ3) is 3.93. The van der Waals surface area contributed by atoms with Gasteiger partial charge in [-0.05, 0) is 13.3 Å². The molecule has 0 aliphatic heterocycles. The van der Waals surface area contributed by atoms with Crippen LogP contribution in [0.4, 0.5) is 0 Å². The first-order valence-electron chi connectivity index (χ1n) is 2.62. The molecule has 0 heterocycles. The lowest BCUT2D eigenvalue weighted by Crippen LogP contribution is -1.86. The lowest BCUT2D eigenvalue weighted by molar-refractivity contribution is 0.982. The van der Waals surface area contributed by atoms with E-state index in [4.69, 9.17) is 0 Å². The van der Waals surface area contributed by atoms with Crippen molar-refractivity contribution in [3.05, 3.63) is 12.2 Å². The van der Waals surface area contributed by atoms with Gasteiger partial charge in [0.1, 0.15) is 0 Å². The quantitative estimate of drug-likeness (QED) is 0.415. The van der Waals surface area contributed by atoms with Crippen molar-refractivity contribution in [2.45, 2.75) is 25.5 Å². The lowest BCUT2D eigenvalue weighted by Gasteiger charge is -1.94. The van der Waals surface area contributed by atoms with Gasteiger partial charge in [0.05, 0.1) is 0 Å². The fourth-order valence-corrected chi connectivity index (χ4v) is 0.530. The van der Waals surface area contributed by atoms with Crippen LogP contribution in [0.25, 0.3) is 0 Å². The van der Waals surface area contributed by atoms with Crippen LogP contribution in [0.3, 0.4) is 0 Å². The molecule has 1 atom stereocenters. The smallest absolute Gasteiger partial charge is 0.0194 e. The molecule has 0 aromatic carbocycles. The van der Waals surface area contributed by atoms with Gasteiger partial charge in [-0.15, -0.1) is 0 Å². The van der Waals surface area contributed by atoms with Crippen LogP contribution in [0, 0.1) is 0 Å². The Morgan fingerprint density at radius 1 is 1.71 bits per heavy atom. The van der Waals surface area contributed by atoms with Crippen molar-refractivity contribution >= 4 is 12.6 Å². The average molecular weight is 116 g/mol. The molecule has 0 saturated carbocycles. The van der Waals surface area contributed by atoms with Gasteiger partial charge in [-0.25, -0.2) is 0 Å². The molecule has 1 unspecified atom stereocenters. The predicted octanol–water partition coefficient (Wildman–Crippen LogP) is 2.27. The normalized spacial score (nSPS) is 15.3. The van der Waals surface area contributed by atoms with Crippen LogP contribution in [0.2, 0.25) is 0 Å². The van der Waals surface area contributed by atoms with Crippen molar-refractivity contribution in [2.75, 3.05) is 0 Å². The van der Waals surface area contributed by atoms with E-state index in [1.807, 2.05) is 13.0 Å². The van der Waals surface area contributed by atoms with E-state index in [9.17, 15) is 0 Å². The van der Waals surface area contributed by atoms with Crippen LogP contribution >= 0.6 is 12.6 Å². The Morgan fingerprint density at radius 2 is 2.29 bits per heavy atom. The average Bonchev–Trinajstić information content (AvgIpc) is 1.68. The molecule has 0 aliphatic carbocycles. The monoisotopic (exact) mass is 116 g/mol. The van der Waals surface area contributed by atoms with Gasteiger partial charge in [-0.2, -0.15) is 12.6 Å². The van der Waals surface area contributed by atoms with E-state index in [2.05, 4.69) is 25.6 Å². The Balaban J connectivity index is 3.16. The van der Waals surface area contributed by atoms with Crippen molar-refractivity contribution in [3.8, 4) is 0 Å². The number of allylic oxidation sites excluding steroid dienone is 1. The summed E-state index contributed by atoms with van der Waals surface area (Å²) in [5, 5.41) is 0.463. The van der Waals surface area contributed by atoms with Gasteiger partial charge >= 0.3 is 0 Å². The molecule has 0 bridgehead atoms. The van der Waals surface area contributed by atoms with E-state index in [1.165, 1.54) is 0 Å². The molecule has 0 aliphatic rings. The second kappa shape index (κ2) is 4.25. The number of thiol groups is 1. The predicted molar refractivity (Wildman–Crippen MR) is 37.9 cm³/mol. The van der Waals surface area contributed by atoms with Crippen molar-refractivity contribution in [1.82, 2.24) is 0 Å². The van der Waals surface area contributed by atoms with Crippen molar-refractivity contribution < 1.29 is 0 Å². The molecule has 7 heavy (non-hydrogen) atoms. The molecule has 0 amide bonds. The summed E-state index contributed by atoms with van der Waals surface area (Å²) in [6.45, 7) is 4.14. The molecule has 0 fully saturated rings. The Morgan fingerprint density at radius 3 is 2.43 bits per heavy atom. The van der Waals surface area contributed by atoms with Gasteiger partial charge in [0.15, 0.2) is 0 Å². The minimum atomic E-state index is 0.463. The standard InChI is InChI=1S/C6H12S/c1-3-5-6(7)4-2/h3,5-7H,4H2,1-2H3. The zero-order valence-electron chi connectivity index (χ0n) is 4.89. The van der Waals surface area contributed by atoms with Crippen LogP contribution in [0.5, 0.6) is 0 Å². The summed E-state index contributed by atoms with van der Waals surface area (Å²) in [6, 6.07) is 0. The van der Waals surface area contributed by atoms with E-state index < -0.39 is 0 Å². The summed E-state index contributed by atoms with van der Waals surface area (Å²) < 4.78 is 0. The highest BCUT2D eigenvalue weighted by molar-refractivity contribution is 7.81. The summed E-state index contributed by atoms with van der Waals surface area (Å²) >= 11 is 4.22. The highest BCUT2D eigenvalue weighted by Crippen LogP contribution is 2.00. The first-order valence-corrected chi connectivity index (χ1v) is 3.13.